The Bertz CT molecular complexity index is 682. The van der Waals surface area contributed by atoms with E-state index in [-0.39, 0.29) is 24.4 Å². The van der Waals surface area contributed by atoms with Gasteiger partial charge in [-0.3, -0.25) is 9.59 Å². The van der Waals surface area contributed by atoms with Gasteiger partial charge in [0.25, 0.3) is 5.91 Å². The Morgan fingerprint density at radius 1 is 1.48 bits per heavy atom. The van der Waals surface area contributed by atoms with Crippen LogP contribution >= 0.6 is 11.3 Å². The molecule has 0 spiro atoms. The highest BCUT2D eigenvalue weighted by atomic mass is 32.1. The summed E-state index contributed by atoms with van der Waals surface area (Å²) in [5.74, 6) is -0.505. The van der Waals surface area contributed by atoms with Crippen molar-refractivity contribution < 1.29 is 9.59 Å². The minimum atomic E-state index is -0.297. The molecule has 0 atom stereocenters. The molecule has 2 aromatic heterocycles. The third kappa shape index (κ3) is 3.27. The predicted octanol–water partition coefficient (Wildman–Crippen LogP) is 0.870. The van der Waals surface area contributed by atoms with Crippen molar-refractivity contribution >= 4 is 39.1 Å². The van der Waals surface area contributed by atoms with E-state index >= 15 is 0 Å². The first-order valence-corrected chi connectivity index (χ1v) is 7.26. The first-order chi connectivity index (χ1) is 9.90. The van der Waals surface area contributed by atoms with E-state index in [1.807, 2.05) is 13.8 Å². The number of nitrogens with zero attached hydrogens (tertiary/aromatic N) is 3. The van der Waals surface area contributed by atoms with Crippen LogP contribution in [0.3, 0.4) is 0 Å². The second-order valence-electron chi connectivity index (χ2n) is 4.98. The van der Waals surface area contributed by atoms with Gasteiger partial charge >= 0.3 is 0 Å². The van der Waals surface area contributed by atoms with Crippen molar-refractivity contribution in [1.29, 1.82) is 0 Å². The summed E-state index contributed by atoms with van der Waals surface area (Å²) in [7, 11) is 1.57. The smallest absolute Gasteiger partial charge is 0.266 e. The standard InChI is InChI=1S/C13H17N5O2S/c1-7(2)16-9(19)6-18(3)13(20)11-10(14)8-4-5-15-17-12(8)21-11/h4-5,7H,6,14H2,1-3H3,(H,16,19). The summed E-state index contributed by atoms with van der Waals surface area (Å²) in [6.45, 7) is 3.71. The fraction of sp³-hybridized carbons (Fsp3) is 0.385. The van der Waals surface area contributed by atoms with Gasteiger partial charge in [-0.15, -0.1) is 16.4 Å². The average molecular weight is 307 g/mol. The largest absolute Gasteiger partial charge is 0.397 e. The monoisotopic (exact) mass is 307 g/mol. The normalized spacial score (nSPS) is 10.9. The number of carbonyl (C=O) groups is 2. The molecule has 2 rings (SSSR count). The molecule has 0 radical (unpaired) electrons. The summed E-state index contributed by atoms with van der Waals surface area (Å²) in [6.07, 6.45) is 1.53. The van der Waals surface area contributed by atoms with E-state index in [1.54, 1.807) is 13.1 Å². The van der Waals surface area contributed by atoms with Gasteiger partial charge < -0.3 is 16.0 Å². The van der Waals surface area contributed by atoms with Crippen LogP contribution in [0.25, 0.3) is 10.2 Å². The van der Waals surface area contributed by atoms with Crippen LogP contribution in [0.4, 0.5) is 5.69 Å². The first-order valence-electron chi connectivity index (χ1n) is 6.44. The maximum absolute atomic E-state index is 12.4. The molecule has 0 aromatic carbocycles. The Labute approximate surface area is 126 Å². The van der Waals surface area contributed by atoms with Crippen LogP contribution in [0.15, 0.2) is 12.3 Å². The van der Waals surface area contributed by atoms with Crippen molar-refractivity contribution in [2.24, 2.45) is 0 Å². The van der Waals surface area contributed by atoms with E-state index in [2.05, 4.69) is 15.5 Å². The van der Waals surface area contributed by atoms with E-state index in [4.69, 9.17) is 5.73 Å². The number of nitrogens with two attached hydrogens (primary N) is 1. The van der Waals surface area contributed by atoms with E-state index in [0.29, 0.717) is 20.8 Å². The lowest BCUT2D eigenvalue weighted by atomic mass is 10.2. The van der Waals surface area contributed by atoms with Crippen LogP contribution in [0, 0.1) is 0 Å². The summed E-state index contributed by atoms with van der Waals surface area (Å²) in [5.41, 5.74) is 6.36. The van der Waals surface area contributed by atoms with Gasteiger partial charge in [0.1, 0.15) is 9.71 Å². The third-order valence-corrected chi connectivity index (χ3v) is 3.89. The molecule has 112 valence electrons. The lowest BCUT2D eigenvalue weighted by Gasteiger charge is -2.17. The van der Waals surface area contributed by atoms with Gasteiger partial charge in [-0.25, -0.2) is 0 Å². The van der Waals surface area contributed by atoms with Gasteiger partial charge in [0.2, 0.25) is 5.91 Å². The molecule has 0 saturated heterocycles. The topological polar surface area (TPSA) is 101 Å². The zero-order chi connectivity index (χ0) is 15.6. The molecule has 2 aromatic rings. The van der Waals surface area contributed by atoms with Gasteiger partial charge in [-0.05, 0) is 19.9 Å². The van der Waals surface area contributed by atoms with Crippen LogP contribution in [-0.2, 0) is 4.79 Å². The molecule has 8 heteroatoms. The van der Waals surface area contributed by atoms with Gasteiger partial charge in [0.15, 0.2) is 0 Å². The van der Waals surface area contributed by atoms with Crippen LogP contribution in [0.5, 0.6) is 0 Å². The minimum Gasteiger partial charge on any atom is -0.397 e. The van der Waals surface area contributed by atoms with E-state index < -0.39 is 0 Å². The van der Waals surface area contributed by atoms with Crippen molar-refractivity contribution in [2.45, 2.75) is 19.9 Å². The number of anilines is 1. The Morgan fingerprint density at radius 2 is 2.19 bits per heavy atom. The maximum atomic E-state index is 12.4. The Hall–Kier alpha value is -2.22. The summed E-state index contributed by atoms with van der Waals surface area (Å²) < 4.78 is 0. The number of nitrogens with one attached hydrogen (secondary N) is 1. The molecule has 0 fully saturated rings. The van der Waals surface area contributed by atoms with Crippen molar-refractivity contribution in [2.75, 3.05) is 19.3 Å². The van der Waals surface area contributed by atoms with Gasteiger partial charge in [-0.1, -0.05) is 0 Å². The van der Waals surface area contributed by atoms with Crippen LogP contribution < -0.4 is 11.1 Å². The van der Waals surface area contributed by atoms with Crippen molar-refractivity contribution in [3.63, 3.8) is 0 Å². The zero-order valence-electron chi connectivity index (χ0n) is 12.1. The van der Waals surface area contributed by atoms with Crippen LogP contribution in [0.2, 0.25) is 0 Å². The fourth-order valence-electron chi connectivity index (χ4n) is 1.86. The molecule has 0 aliphatic carbocycles. The van der Waals surface area contributed by atoms with E-state index in [9.17, 15) is 9.59 Å². The Morgan fingerprint density at radius 3 is 2.81 bits per heavy atom. The molecule has 0 unspecified atom stereocenters. The van der Waals surface area contributed by atoms with Gasteiger partial charge in [0, 0.05) is 18.5 Å². The molecule has 2 amide bonds. The summed E-state index contributed by atoms with van der Waals surface area (Å²) in [4.78, 5) is 26.4. The molecule has 0 aliphatic rings. The number of fused-ring (bicyclic) bond motifs is 1. The number of amides is 2. The highest BCUT2D eigenvalue weighted by Crippen LogP contribution is 2.32. The number of carbonyl (C=O) groups excluding carboxylic acids is 2. The third-order valence-electron chi connectivity index (χ3n) is 2.79. The highest BCUT2D eigenvalue weighted by molar-refractivity contribution is 7.21. The number of thiophene rings is 1. The van der Waals surface area contributed by atoms with Gasteiger partial charge in [0.05, 0.1) is 18.4 Å². The van der Waals surface area contributed by atoms with Crippen LogP contribution in [0.1, 0.15) is 23.5 Å². The second-order valence-corrected chi connectivity index (χ2v) is 5.98. The first kappa shape index (κ1) is 15.2. The molecule has 21 heavy (non-hydrogen) atoms. The maximum Gasteiger partial charge on any atom is 0.266 e. The lowest BCUT2D eigenvalue weighted by Crippen LogP contribution is -2.40. The highest BCUT2D eigenvalue weighted by Gasteiger charge is 2.22. The average Bonchev–Trinajstić information content (AvgIpc) is 2.74. The predicted molar refractivity (Wildman–Crippen MR) is 82.1 cm³/mol. The van der Waals surface area contributed by atoms with Crippen molar-refractivity contribution in [3.05, 3.63) is 17.1 Å². The van der Waals surface area contributed by atoms with Crippen LogP contribution in [-0.4, -0.2) is 46.5 Å². The molecule has 2 heterocycles. The quantitative estimate of drug-likeness (QED) is 0.872. The molecule has 0 aliphatic heterocycles. The molecule has 0 saturated carbocycles. The van der Waals surface area contributed by atoms with Crippen molar-refractivity contribution in [3.8, 4) is 0 Å². The number of likely N-dealkylation sites (N-methyl/N-ethyl adjacent to an activating group) is 1. The Balaban J connectivity index is 2.18. The molecule has 7 nitrogen and oxygen atoms in total. The lowest BCUT2D eigenvalue weighted by molar-refractivity contribution is -0.122. The minimum absolute atomic E-state index is 0.0175. The Kier molecular flexibility index (Phi) is 4.37. The van der Waals surface area contributed by atoms with Gasteiger partial charge in [-0.2, -0.15) is 5.10 Å². The number of hydrogen-bond acceptors (Lipinski definition) is 6. The van der Waals surface area contributed by atoms with E-state index in [1.165, 1.54) is 22.4 Å². The summed E-state index contributed by atoms with van der Waals surface area (Å²) >= 11 is 1.18. The van der Waals surface area contributed by atoms with Crippen molar-refractivity contribution in [1.82, 2.24) is 20.4 Å². The fourth-order valence-corrected chi connectivity index (χ4v) is 2.89. The number of nitrogen functional groups attached to an aromatic ring is 1. The summed E-state index contributed by atoms with van der Waals surface area (Å²) in [5, 5.41) is 11.2. The SMILES string of the molecule is CC(C)NC(=O)CN(C)C(=O)c1sc2nnccc2c1N. The number of aromatic nitrogens is 2. The molecule has 0 bridgehead atoms. The molecular weight excluding hydrogens is 290 g/mol. The second kappa shape index (κ2) is 6.04. The molecular formula is C13H17N5O2S. The van der Waals surface area contributed by atoms with E-state index in [0.717, 1.165) is 0 Å². The molecule has 3 N–H and O–H groups in total. The number of rotatable bonds is 4. The zero-order valence-corrected chi connectivity index (χ0v) is 12.9. The summed E-state index contributed by atoms with van der Waals surface area (Å²) in [6, 6.07) is 1.75. The number of hydrogen-bond donors (Lipinski definition) is 2.